The van der Waals surface area contributed by atoms with Crippen molar-refractivity contribution in [2.45, 2.75) is 64.0 Å². The first-order chi connectivity index (χ1) is 7.55. The molecule has 0 aromatic carbocycles. The van der Waals surface area contributed by atoms with E-state index in [0.29, 0.717) is 6.54 Å². The second kappa shape index (κ2) is 6.58. The number of nitrogens with zero attached hydrogens (tertiary/aromatic N) is 1. The normalized spacial score (nSPS) is 26.6. The van der Waals surface area contributed by atoms with Crippen molar-refractivity contribution in [2.75, 3.05) is 19.6 Å². The van der Waals surface area contributed by atoms with E-state index in [1.807, 2.05) is 6.92 Å². The van der Waals surface area contributed by atoms with Gasteiger partial charge in [0.15, 0.2) is 0 Å². The summed E-state index contributed by atoms with van der Waals surface area (Å²) >= 11 is 0. The van der Waals surface area contributed by atoms with E-state index in [9.17, 15) is 5.11 Å². The molecule has 0 radical (unpaired) electrons. The Morgan fingerprint density at radius 1 is 1.38 bits per heavy atom. The minimum absolute atomic E-state index is 0.368. The first-order valence-corrected chi connectivity index (χ1v) is 6.72. The largest absolute Gasteiger partial charge is 0.389 e. The van der Waals surface area contributed by atoms with Gasteiger partial charge in [-0.25, -0.2) is 0 Å². The van der Waals surface area contributed by atoms with Crippen molar-refractivity contribution in [3.8, 4) is 0 Å². The fourth-order valence-corrected chi connectivity index (χ4v) is 2.41. The third kappa shape index (κ3) is 4.81. The lowest BCUT2D eigenvalue weighted by molar-refractivity contribution is 0.0553. The van der Waals surface area contributed by atoms with Gasteiger partial charge in [0.2, 0.25) is 0 Å². The molecule has 3 N–H and O–H groups in total. The molecule has 0 spiro atoms. The van der Waals surface area contributed by atoms with Gasteiger partial charge in [-0.05, 0) is 59.0 Å². The van der Waals surface area contributed by atoms with Crippen molar-refractivity contribution in [3.63, 3.8) is 0 Å². The number of piperidine rings is 1. The molecule has 16 heavy (non-hydrogen) atoms. The lowest BCUT2D eigenvalue weighted by atomic mass is 9.98. The summed E-state index contributed by atoms with van der Waals surface area (Å²) in [7, 11) is 0. The smallest absolute Gasteiger partial charge is 0.0741 e. The first kappa shape index (κ1) is 13.9. The molecule has 1 saturated heterocycles. The van der Waals surface area contributed by atoms with E-state index >= 15 is 0 Å². The predicted octanol–water partition coefficient (Wildman–Crippen LogP) is 1.74. The van der Waals surface area contributed by atoms with Crippen molar-refractivity contribution in [1.29, 1.82) is 0 Å². The molecule has 0 saturated carbocycles. The topological polar surface area (TPSA) is 49.5 Å². The van der Waals surface area contributed by atoms with Crippen LogP contribution in [0.3, 0.4) is 0 Å². The predicted molar refractivity (Wildman–Crippen MR) is 68.4 cm³/mol. The molecule has 1 aliphatic heterocycles. The molecule has 0 amide bonds. The van der Waals surface area contributed by atoms with Gasteiger partial charge >= 0.3 is 0 Å². The number of hydrogen-bond donors (Lipinski definition) is 2. The average molecular weight is 228 g/mol. The zero-order valence-corrected chi connectivity index (χ0v) is 10.9. The van der Waals surface area contributed by atoms with Gasteiger partial charge in [0.05, 0.1) is 5.60 Å². The van der Waals surface area contributed by atoms with E-state index in [-0.39, 0.29) is 0 Å². The van der Waals surface area contributed by atoms with E-state index in [1.165, 1.54) is 38.8 Å². The van der Waals surface area contributed by atoms with Gasteiger partial charge in [0, 0.05) is 12.6 Å². The minimum atomic E-state index is -0.659. The standard InChI is InChI=1S/C13H28N2O/c1-12-7-3-5-9-15(12)10-6-4-8-13(2,16)11-14/h12,16H,3-11,14H2,1-2H3. The van der Waals surface area contributed by atoms with E-state index < -0.39 is 5.60 Å². The Morgan fingerprint density at radius 2 is 2.12 bits per heavy atom. The van der Waals surface area contributed by atoms with E-state index in [2.05, 4.69) is 11.8 Å². The second-order valence-corrected chi connectivity index (χ2v) is 5.54. The molecular formula is C13H28N2O. The minimum Gasteiger partial charge on any atom is -0.389 e. The first-order valence-electron chi connectivity index (χ1n) is 6.72. The van der Waals surface area contributed by atoms with Crippen LogP contribution in [0, 0.1) is 0 Å². The average Bonchev–Trinajstić information content (AvgIpc) is 2.27. The summed E-state index contributed by atoms with van der Waals surface area (Å²) < 4.78 is 0. The lowest BCUT2D eigenvalue weighted by Gasteiger charge is -2.33. The maximum Gasteiger partial charge on any atom is 0.0741 e. The van der Waals surface area contributed by atoms with Gasteiger partial charge in [-0.1, -0.05) is 6.42 Å². The quantitative estimate of drug-likeness (QED) is 0.681. The summed E-state index contributed by atoms with van der Waals surface area (Å²) in [6.07, 6.45) is 7.17. The van der Waals surface area contributed by atoms with Crippen LogP contribution in [0.1, 0.15) is 52.4 Å². The fraction of sp³-hybridized carbons (Fsp3) is 1.00. The molecule has 0 bridgehead atoms. The monoisotopic (exact) mass is 228 g/mol. The van der Waals surface area contributed by atoms with Gasteiger partial charge < -0.3 is 15.7 Å². The summed E-state index contributed by atoms with van der Waals surface area (Å²) in [5.74, 6) is 0. The number of likely N-dealkylation sites (tertiary alicyclic amines) is 1. The highest BCUT2D eigenvalue weighted by atomic mass is 16.3. The van der Waals surface area contributed by atoms with Crippen LogP contribution < -0.4 is 5.73 Å². The molecule has 1 aliphatic rings. The summed E-state index contributed by atoms with van der Waals surface area (Å²) in [5.41, 5.74) is 4.83. The van der Waals surface area contributed by atoms with Gasteiger partial charge in [-0.3, -0.25) is 0 Å². The summed E-state index contributed by atoms with van der Waals surface area (Å²) in [6.45, 7) is 6.97. The highest BCUT2D eigenvalue weighted by molar-refractivity contribution is 4.75. The van der Waals surface area contributed by atoms with Crippen LogP contribution in [0.5, 0.6) is 0 Å². The van der Waals surface area contributed by atoms with E-state index in [1.54, 1.807) is 0 Å². The van der Waals surface area contributed by atoms with Crippen LogP contribution in [0.15, 0.2) is 0 Å². The van der Waals surface area contributed by atoms with Crippen molar-refractivity contribution in [3.05, 3.63) is 0 Å². The Morgan fingerprint density at radius 3 is 2.75 bits per heavy atom. The van der Waals surface area contributed by atoms with Crippen LogP contribution in [0.4, 0.5) is 0 Å². The van der Waals surface area contributed by atoms with Gasteiger partial charge in [0.1, 0.15) is 0 Å². The molecule has 1 fully saturated rings. The maximum atomic E-state index is 9.77. The third-order valence-electron chi connectivity index (χ3n) is 3.79. The van der Waals surface area contributed by atoms with Crippen LogP contribution in [-0.4, -0.2) is 41.3 Å². The molecule has 1 heterocycles. The summed E-state index contributed by atoms with van der Waals surface area (Å²) in [6, 6.07) is 0.753. The number of rotatable bonds is 6. The zero-order valence-electron chi connectivity index (χ0n) is 10.9. The van der Waals surface area contributed by atoms with Crippen molar-refractivity contribution >= 4 is 0 Å². The van der Waals surface area contributed by atoms with E-state index in [4.69, 9.17) is 5.73 Å². The molecule has 3 heteroatoms. The molecule has 2 atom stereocenters. The second-order valence-electron chi connectivity index (χ2n) is 5.54. The maximum absolute atomic E-state index is 9.77. The van der Waals surface area contributed by atoms with Crippen LogP contribution in [-0.2, 0) is 0 Å². The van der Waals surface area contributed by atoms with Gasteiger partial charge in [0.25, 0.3) is 0 Å². The zero-order chi connectivity index (χ0) is 12.0. The molecule has 2 unspecified atom stereocenters. The van der Waals surface area contributed by atoms with Crippen molar-refractivity contribution in [1.82, 2.24) is 4.90 Å². The highest BCUT2D eigenvalue weighted by Gasteiger charge is 2.19. The molecule has 0 aromatic rings. The Kier molecular flexibility index (Phi) is 5.73. The van der Waals surface area contributed by atoms with Crippen LogP contribution in [0.25, 0.3) is 0 Å². The number of hydrogen-bond acceptors (Lipinski definition) is 3. The molecule has 3 nitrogen and oxygen atoms in total. The number of nitrogens with two attached hydrogens (primary N) is 1. The third-order valence-corrected chi connectivity index (χ3v) is 3.79. The highest BCUT2D eigenvalue weighted by Crippen LogP contribution is 2.18. The molecule has 1 rings (SSSR count). The summed E-state index contributed by atoms with van der Waals surface area (Å²) in [5, 5.41) is 9.77. The lowest BCUT2D eigenvalue weighted by Crippen LogP contribution is -2.38. The summed E-state index contributed by atoms with van der Waals surface area (Å²) in [4.78, 5) is 2.58. The van der Waals surface area contributed by atoms with Gasteiger partial charge in [-0.15, -0.1) is 0 Å². The molecule has 96 valence electrons. The van der Waals surface area contributed by atoms with Crippen LogP contribution >= 0.6 is 0 Å². The Balaban J connectivity index is 2.10. The Labute approximate surface area is 100 Å². The Bertz CT molecular complexity index is 194. The number of unbranched alkanes of at least 4 members (excludes halogenated alkanes) is 1. The molecule has 0 aliphatic carbocycles. The van der Waals surface area contributed by atoms with Crippen molar-refractivity contribution in [2.24, 2.45) is 5.73 Å². The van der Waals surface area contributed by atoms with Crippen LogP contribution in [0.2, 0.25) is 0 Å². The molecular weight excluding hydrogens is 200 g/mol. The fourth-order valence-electron chi connectivity index (χ4n) is 2.41. The van der Waals surface area contributed by atoms with E-state index in [0.717, 1.165) is 18.9 Å². The number of aliphatic hydroxyl groups is 1. The van der Waals surface area contributed by atoms with Crippen molar-refractivity contribution < 1.29 is 5.11 Å². The Hall–Kier alpha value is -0.120. The van der Waals surface area contributed by atoms with Gasteiger partial charge in [-0.2, -0.15) is 0 Å². The SMILES string of the molecule is CC1CCCCN1CCCCC(C)(O)CN. The molecule has 0 aromatic heterocycles.